The Morgan fingerprint density at radius 3 is 2.46 bits per heavy atom. The van der Waals surface area contributed by atoms with Crippen molar-refractivity contribution in [1.29, 1.82) is 0 Å². The molecule has 1 aromatic carbocycles. The molecule has 0 atom stereocenters. The van der Waals surface area contributed by atoms with Gasteiger partial charge in [0.15, 0.2) is 6.20 Å². The number of alkyl halides is 2. The van der Waals surface area contributed by atoms with E-state index in [4.69, 9.17) is 0 Å². The zero-order chi connectivity index (χ0) is 19.7. The lowest BCUT2D eigenvalue weighted by Gasteiger charge is -2.23. The number of nitrogens with zero attached hydrogens (tertiary/aromatic N) is 2. The third kappa shape index (κ3) is 3.44. The van der Waals surface area contributed by atoms with Crippen molar-refractivity contribution in [3.8, 4) is 22.5 Å². The Morgan fingerprint density at radius 1 is 1.04 bits per heavy atom. The fourth-order valence-corrected chi connectivity index (χ4v) is 4.14. The summed E-state index contributed by atoms with van der Waals surface area (Å²) in [4.78, 5) is 4.38. The van der Waals surface area contributed by atoms with E-state index in [1.165, 1.54) is 11.8 Å². The first-order valence-electron chi connectivity index (χ1n) is 9.87. The summed E-state index contributed by atoms with van der Waals surface area (Å²) >= 11 is 0. The smallest absolute Gasteiger partial charge is 0.256 e. The average Bonchev–Trinajstić information content (AvgIpc) is 3.25. The molecule has 1 aliphatic rings. The summed E-state index contributed by atoms with van der Waals surface area (Å²) < 4.78 is 31.5. The molecule has 0 radical (unpaired) electrons. The second-order valence-electron chi connectivity index (χ2n) is 7.76. The van der Waals surface area contributed by atoms with Gasteiger partial charge in [-0.3, -0.25) is 4.98 Å². The van der Waals surface area contributed by atoms with Gasteiger partial charge < -0.3 is 0 Å². The van der Waals surface area contributed by atoms with E-state index >= 15 is 0 Å². The number of aryl methyl sites for hydroxylation is 2. The maximum atomic E-state index is 14.7. The van der Waals surface area contributed by atoms with Crippen LogP contribution >= 0.6 is 0 Å². The van der Waals surface area contributed by atoms with Crippen molar-refractivity contribution in [2.45, 2.75) is 38.5 Å². The summed E-state index contributed by atoms with van der Waals surface area (Å²) in [5.74, 6) is -3.35. The minimum absolute atomic E-state index is 0.0313. The van der Waals surface area contributed by atoms with Crippen LogP contribution in [0.4, 0.5) is 8.78 Å². The maximum absolute atomic E-state index is 14.7. The SMILES string of the molecule is Cc1ccccc1-c1cc(-c2ccc(C(F)(F)C3CCCC3)cn2)cc[n+]1C. The monoisotopic (exact) mass is 379 g/mol. The molecule has 0 bridgehead atoms. The van der Waals surface area contributed by atoms with Crippen molar-refractivity contribution in [3.63, 3.8) is 0 Å². The highest BCUT2D eigenvalue weighted by molar-refractivity contribution is 5.68. The number of rotatable bonds is 4. The molecule has 0 N–H and O–H groups in total. The Morgan fingerprint density at radius 2 is 1.79 bits per heavy atom. The number of hydrogen-bond acceptors (Lipinski definition) is 1. The van der Waals surface area contributed by atoms with Crippen LogP contribution in [0.1, 0.15) is 36.8 Å². The first kappa shape index (κ1) is 18.7. The van der Waals surface area contributed by atoms with Crippen LogP contribution in [0.2, 0.25) is 0 Å². The quantitative estimate of drug-likeness (QED) is 0.521. The van der Waals surface area contributed by atoms with E-state index in [-0.39, 0.29) is 5.56 Å². The van der Waals surface area contributed by atoms with Gasteiger partial charge in [-0.25, -0.2) is 13.3 Å². The Kier molecular flexibility index (Phi) is 4.96. The topological polar surface area (TPSA) is 16.8 Å². The second-order valence-corrected chi connectivity index (χ2v) is 7.76. The number of hydrogen-bond donors (Lipinski definition) is 0. The van der Waals surface area contributed by atoms with Crippen LogP contribution in [0.25, 0.3) is 22.5 Å². The minimum atomic E-state index is -2.79. The van der Waals surface area contributed by atoms with Crippen LogP contribution in [0, 0.1) is 12.8 Å². The van der Waals surface area contributed by atoms with Crippen molar-refractivity contribution in [3.05, 3.63) is 72.1 Å². The Labute approximate surface area is 164 Å². The summed E-state index contributed by atoms with van der Waals surface area (Å²) in [7, 11) is 2.00. The summed E-state index contributed by atoms with van der Waals surface area (Å²) in [5, 5.41) is 0. The third-order valence-electron chi connectivity index (χ3n) is 5.88. The summed E-state index contributed by atoms with van der Waals surface area (Å²) in [5.41, 5.74) is 5.07. The zero-order valence-corrected chi connectivity index (χ0v) is 16.3. The highest BCUT2D eigenvalue weighted by atomic mass is 19.3. The first-order chi connectivity index (χ1) is 13.5. The molecule has 28 heavy (non-hydrogen) atoms. The molecule has 0 amide bonds. The van der Waals surface area contributed by atoms with Crippen molar-refractivity contribution in [2.75, 3.05) is 0 Å². The predicted molar refractivity (Wildman–Crippen MR) is 107 cm³/mol. The summed E-state index contributed by atoms with van der Waals surface area (Å²) in [6.45, 7) is 2.08. The van der Waals surface area contributed by atoms with Crippen molar-refractivity contribution >= 4 is 0 Å². The van der Waals surface area contributed by atoms with E-state index in [0.29, 0.717) is 18.5 Å². The molecule has 3 aromatic rings. The van der Waals surface area contributed by atoms with Crippen LogP contribution in [0.15, 0.2) is 60.9 Å². The third-order valence-corrected chi connectivity index (χ3v) is 5.88. The number of aromatic nitrogens is 2. The second kappa shape index (κ2) is 7.42. The van der Waals surface area contributed by atoms with Gasteiger partial charge in [0.2, 0.25) is 5.69 Å². The van der Waals surface area contributed by atoms with E-state index in [9.17, 15) is 8.78 Å². The Bertz CT molecular complexity index is 974. The largest absolute Gasteiger partial charge is 0.277 e. The van der Waals surface area contributed by atoms with Crippen molar-refractivity contribution < 1.29 is 13.3 Å². The molecule has 0 saturated heterocycles. The molecule has 1 aliphatic carbocycles. The molecule has 144 valence electrons. The molecule has 0 unspecified atom stereocenters. The Balaban J connectivity index is 1.67. The predicted octanol–water partition coefficient (Wildman–Crippen LogP) is 5.83. The molecular weight excluding hydrogens is 354 g/mol. The lowest BCUT2D eigenvalue weighted by atomic mass is 9.94. The van der Waals surface area contributed by atoms with Gasteiger partial charge >= 0.3 is 0 Å². The van der Waals surface area contributed by atoms with Crippen LogP contribution < -0.4 is 4.57 Å². The van der Waals surface area contributed by atoms with Gasteiger partial charge in [0.25, 0.3) is 5.92 Å². The standard InChI is InChI=1S/C24H25F2N2/c1-17-7-3-6-10-21(17)23-15-18(13-14-28(23)2)22-12-11-20(16-27-22)24(25,26)19-8-4-5-9-19/h3,6-7,10-16,19H,4-5,8-9H2,1-2H3/q+1. The highest BCUT2D eigenvalue weighted by Gasteiger charge is 2.42. The fraction of sp³-hybridized carbons (Fsp3) is 0.333. The molecule has 1 fully saturated rings. The number of benzene rings is 1. The van der Waals surface area contributed by atoms with Crippen LogP contribution in [0.3, 0.4) is 0 Å². The molecule has 0 aliphatic heterocycles. The van der Waals surface area contributed by atoms with Gasteiger partial charge in [-0.15, -0.1) is 0 Å². The lowest BCUT2D eigenvalue weighted by Crippen LogP contribution is -2.30. The van der Waals surface area contributed by atoms with E-state index in [0.717, 1.165) is 29.7 Å². The highest BCUT2D eigenvalue weighted by Crippen LogP contribution is 2.44. The fourth-order valence-electron chi connectivity index (χ4n) is 4.14. The number of pyridine rings is 2. The molecule has 4 heteroatoms. The zero-order valence-electron chi connectivity index (χ0n) is 16.3. The van der Waals surface area contributed by atoms with Gasteiger partial charge in [-0.2, -0.15) is 0 Å². The van der Waals surface area contributed by atoms with E-state index < -0.39 is 11.8 Å². The first-order valence-corrected chi connectivity index (χ1v) is 9.87. The summed E-state index contributed by atoms with van der Waals surface area (Å²) in [6, 6.07) is 15.5. The van der Waals surface area contributed by atoms with Crippen molar-refractivity contribution in [2.24, 2.45) is 13.0 Å². The van der Waals surface area contributed by atoms with Gasteiger partial charge in [-0.1, -0.05) is 31.0 Å². The molecule has 4 rings (SSSR count). The molecular formula is C24H25F2N2+. The van der Waals surface area contributed by atoms with E-state index in [2.05, 4.69) is 34.7 Å². The minimum Gasteiger partial charge on any atom is -0.256 e. The van der Waals surface area contributed by atoms with Gasteiger partial charge in [0.05, 0.1) is 5.69 Å². The van der Waals surface area contributed by atoms with Crippen LogP contribution in [-0.2, 0) is 13.0 Å². The van der Waals surface area contributed by atoms with Crippen LogP contribution in [0.5, 0.6) is 0 Å². The molecule has 2 heterocycles. The normalized spacial score (nSPS) is 15.1. The molecule has 2 nitrogen and oxygen atoms in total. The van der Waals surface area contributed by atoms with Gasteiger partial charge in [0, 0.05) is 40.9 Å². The number of halogens is 2. The van der Waals surface area contributed by atoms with Gasteiger partial charge in [-0.05, 0) is 43.5 Å². The lowest BCUT2D eigenvalue weighted by molar-refractivity contribution is -0.660. The van der Waals surface area contributed by atoms with E-state index in [1.807, 2.05) is 31.4 Å². The van der Waals surface area contributed by atoms with Crippen LogP contribution in [-0.4, -0.2) is 4.98 Å². The summed E-state index contributed by atoms with van der Waals surface area (Å²) in [6.07, 6.45) is 6.34. The van der Waals surface area contributed by atoms with Gasteiger partial charge in [0.1, 0.15) is 7.05 Å². The average molecular weight is 379 g/mol. The molecule has 2 aromatic heterocycles. The van der Waals surface area contributed by atoms with Crippen molar-refractivity contribution in [1.82, 2.24) is 4.98 Å². The molecule has 0 spiro atoms. The molecule has 1 saturated carbocycles. The maximum Gasteiger partial charge on any atom is 0.277 e. The van der Waals surface area contributed by atoms with E-state index in [1.54, 1.807) is 12.1 Å². The Hall–Kier alpha value is -2.62.